The zero-order valence-electron chi connectivity index (χ0n) is 13.2. The average Bonchev–Trinajstić information content (AvgIpc) is 2.90. The first-order valence-electron chi connectivity index (χ1n) is 7.51. The maximum Gasteiger partial charge on any atom is 0.208 e. The summed E-state index contributed by atoms with van der Waals surface area (Å²) in [6.07, 6.45) is 1.08. The molecule has 4 nitrogen and oxygen atoms in total. The largest absolute Gasteiger partial charge is 0.309 e. The van der Waals surface area contributed by atoms with Crippen molar-refractivity contribution in [3.8, 4) is 0 Å². The molecule has 0 aliphatic carbocycles. The quantitative estimate of drug-likeness (QED) is 0.769. The van der Waals surface area contributed by atoms with E-state index in [2.05, 4.69) is 65.5 Å². The third-order valence-electron chi connectivity index (χ3n) is 3.51. The van der Waals surface area contributed by atoms with Gasteiger partial charge in [-0.25, -0.2) is 4.98 Å². The first-order chi connectivity index (χ1) is 10.1. The Morgan fingerprint density at radius 1 is 1.24 bits per heavy atom. The summed E-state index contributed by atoms with van der Waals surface area (Å²) in [6.45, 7) is 9.41. The molecule has 1 aromatic carbocycles. The van der Waals surface area contributed by atoms with Crippen LogP contribution in [0.2, 0.25) is 0 Å². The number of hydrogen-bond acceptors (Lipinski definition) is 4. The summed E-state index contributed by atoms with van der Waals surface area (Å²) in [6, 6.07) is 9.19. The van der Waals surface area contributed by atoms with Gasteiger partial charge < -0.3 is 5.32 Å². The van der Waals surface area contributed by atoms with E-state index >= 15 is 0 Å². The van der Waals surface area contributed by atoms with E-state index in [0.29, 0.717) is 11.3 Å². The predicted molar refractivity (Wildman–Crippen MR) is 88.7 cm³/mol. The average molecular weight is 304 g/mol. The number of aromatic amines is 1. The lowest BCUT2D eigenvalue weighted by atomic mass is 10.0. The first kappa shape index (κ1) is 16.0. The summed E-state index contributed by atoms with van der Waals surface area (Å²) >= 11 is 1.70. The molecule has 1 aromatic heterocycles. The Labute approximate surface area is 131 Å². The fourth-order valence-corrected chi connectivity index (χ4v) is 3.35. The molecule has 2 atom stereocenters. The molecule has 0 radical (unpaired) electrons. The highest BCUT2D eigenvalue weighted by molar-refractivity contribution is 7.99. The third-order valence-corrected chi connectivity index (χ3v) is 4.55. The van der Waals surface area contributed by atoms with Gasteiger partial charge in [-0.1, -0.05) is 56.8 Å². The van der Waals surface area contributed by atoms with E-state index in [0.717, 1.165) is 23.9 Å². The van der Waals surface area contributed by atoms with Gasteiger partial charge >= 0.3 is 0 Å². The summed E-state index contributed by atoms with van der Waals surface area (Å²) in [5.41, 5.74) is 2.69. The third kappa shape index (κ3) is 4.32. The Balaban J connectivity index is 2.12. The summed E-state index contributed by atoms with van der Waals surface area (Å²) < 4.78 is 0. The zero-order chi connectivity index (χ0) is 15.2. The van der Waals surface area contributed by atoms with Crippen molar-refractivity contribution >= 4 is 11.8 Å². The highest BCUT2D eigenvalue weighted by atomic mass is 32.2. The maximum absolute atomic E-state index is 4.38. The minimum atomic E-state index is 0.296. The van der Waals surface area contributed by atoms with Crippen molar-refractivity contribution in [2.45, 2.75) is 50.6 Å². The Morgan fingerprint density at radius 2 is 1.95 bits per heavy atom. The van der Waals surface area contributed by atoms with E-state index in [4.69, 9.17) is 0 Å². The minimum absolute atomic E-state index is 0.296. The molecule has 0 fully saturated rings. The summed E-state index contributed by atoms with van der Waals surface area (Å²) in [7, 11) is 0. The van der Waals surface area contributed by atoms with Crippen LogP contribution in [0.15, 0.2) is 29.4 Å². The molecule has 0 bridgehead atoms. The second kappa shape index (κ2) is 7.61. The van der Waals surface area contributed by atoms with Crippen molar-refractivity contribution in [3.05, 3.63) is 41.2 Å². The van der Waals surface area contributed by atoms with Crippen LogP contribution in [-0.4, -0.2) is 27.0 Å². The molecule has 0 saturated carbocycles. The van der Waals surface area contributed by atoms with Crippen LogP contribution in [0.25, 0.3) is 0 Å². The summed E-state index contributed by atoms with van der Waals surface area (Å²) in [5.74, 6) is 0.858. The fourth-order valence-electron chi connectivity index (χ4n) is 2.34. The standard InChI is InChI=1S/C16H24N4S/c1-5-13-7-9-14(10-8-13)15(17-6-2)11(3)21-16-18-12(4)19-20-16/h7-11,15,17H,5-6H2,1-4H3,(H,18,19,20). The van der Waals surface area contributed by atoms with E-state index in [-0.39, 0.29) is 0 Å². The maximum atomic E-state index is 4.38. The Hall–Kier alpha value is -1.33. The molecular formula is C16H24N4S. The van der Waals surface area contributed by atoms with E-state index in [1.165, 1.54) is 11.1 Å². The molecular weight excluding hydrogens is 280 g/mol. The number of thioether (sulfide) groups is 1. The van der Waals surface area contributed by atoms with Gasteiger partial charge in [0.1, 0.15) is 5.82 Å². The lowest BCUT2D eigenvalue weighted by Gasteiger charge is -2.24. The van der Waals surface area contributed by atoms with Crippen molar-refractivity contribution in [2.24, 2.45) is 0 Å². The van der Waals surface area contributed by atoms with Crippen LogP contribution >= 0.6 is 11.8 Å². The van der Waals surface area contributed by atoms with E-state index in [1.807, 2.05) is 6.92 Å². The fraction of sp³-hybridized carbons (Fsp3) is 0.500. The Kier molecular flexibility index (Phi) is 5.82. The number of rotatable bonds is 7. The molecule has 21 heavy (non-hydrogen) atoms. The second-order valence-corrected chi connectivity index (χ2v) is 6.50. The van der Waals surface area contributed by atoms with Crippen molar-refractivity contribution < 1.29 is 0 Å². The van der Waals surface area contributed by atoms with Gasteiger partial charge in [0.2, 0.25) is 5.16 Å². The number of aryl methyl sites for hydroxylation is 2. The number of nitrogens with one attached hydrogen (secondary N) is 2. The van der Waals surface area contributed by atoms with Crippen LogP contribution in [0.1, 0.15) is 43.8 Å². The van der Waals surface area contributed by atoms with Crippen molar-refractivity contribution in [1.29, 1.82) is 0 Å². The molecule has 2 aromatic rings. The molecule has 1 heterocycles. The van der Waals surface area contributed by atoms with Crippen LogP contribution in [-0.2, 0) is 6.42 Å². The highest BCUT2D eigenvalue weighted by Gasteiger charge is 2.21. The summed E-state index contributed by atoms with van der Waals surface area (Å²) in [5, 5.41) is 11.9. The van der Waals surface area contributed by atoms with Gasteiger partial charge in [0.25, 0.3) is 0 Å². The number of H-pyrrole nitrogens is 1. The van der Waals surface area contributed by atoms with Gasteiger partial charge in [0.15, 0.2) is 0 Å². The number of nitrogens with zero attached hydrogens (tertiary/aromatic N) is 2. The zero-order valence-corrected chi connectivity index (χ0v) is 14.0. The first-order valence-corrected chi connectivity index (χ1v) is 8.39. The minimum Gasteiger partial charge on any atom is -0.309 e. The molecule has 2 unspecified atom stereocenters. The number of benzene rings is 1. The molecule has 0 spiro atoms. The smallest absolute Gasteiger partial charge is 0.208 e. The van der Waals surface area contributed by atoms with Crippen LogP contribution in [0.3, 0.4) is 0 Å². The van der Waals surface area contributed by atoms with Gasteiger partial charge in [-0.05, 0) is 31.0 Å². The van der Waals surface area contributed by atoms with Gasteiger partial charge in [-0.2, -0.15) is 0 Å². The van der Waals surface area contributed by atoms with Crippen molar-refractivity contribution in [3.63, 3.8) is 0 Å². The van der Waals surface area contributed by atoms with Gasteiger partial charge in [-0.3, -0.25) is 5.10 Å². The molecule has 114 valence electrons. The van der Waals surface area contributed by atoms with Gasteiger partial charge in [0, 0.05) is 11.3 Å². The van der Waals surface area contributed by atoms with Gasteiger partial charge in [0.05, 0.1) is 0 Å². The lowest BCUT2D eigenvalue weighted by Crippen LogP contribution is -2.28. The van der Waals surface area contributed by atoms with E-state index in [9.17, 15) is 0 Å². The van der Waals surface area contributed by atoms with Gasteiger partial charge in [-0.15, -0.1) is 5.10 Å². The molecule has 5 heteroatoms. The molecule has 0 aliphatic heterocycles. The Morgan fingerprint density at radius 3 is 2.48 bits per heavy atom. The number of aromatic nitrogens is 3. The normalized spacial score (nSPS) is 14.1. The highest BCUT2D eigenvalue weighted by Crippen LogP contribution is 2.30. The number of hydrogen-bond donors (Lipinski definition) is 2. The van der Waals surface area contributed by atoms with Crippen LogP contribution < -0.4 is 5.32 Å². The monoisotopic (exact) mass is 304 g/mol. The molecule has 2 rings (SSSR count). The second-order valence-electron chi connectivity index (χ2n) is 5.16. The Bertz CT molecular complexity index is 550. The summed E-state index contributed by atoms with van der Waals surface area (Å²) in [4.78, 5) is 4.38. The topological polar surface area (TPSA) is 53.6 Å². The lowest BCUT2D eigenvalue weighted by molar-refractivity contribution is 0.547. The van der Waals surface area contributed by atoms with Crippen LogP contribution in [0, 0.1) is 6.92 Å². The van der Waals surface area contributed by atoms with Crippen LogP contribution in [0.4, 0.5) is 0 Å². The molecule has 0 aliphatic rings. The molecule has 0 saturated heterocycles. The predicted octanol–water partition coefficient (Wildman–Crippen LogP) is 3.51. The van der Waals surface area contributed by atoms with Crippen molar-refractivity contribution in [1.82, 2.24) is 20.5 Å². The SMILES string of the molecule is CCNC(c1ccc(CC)cc1)C(C)Sc1n[nH]c(C)n1. The van der Waals surface area contributed by atoms with E-state index < -0.39 is 0 Å². The molecule has 2 N–H and O–H groups in total. The molecule has 0 amide bonds. The van der Waals surface area contributed by atoms with E-state index in [1.54, 1.807) is 11.8 Å². The van der Waals surface area contributed by atoms with Crippen molar-refractivity contribution in [2.75, 3.05) is 6.54 Å². The van der Waals surface area contributed by atoms with Crippen LogP contribution in [0.5, 0.6) is 0 Å².